The van der Waals surface area contributed by atoms with Crippen molar-refractivity contribution in [3.8, 4) is 17.1 Å². The summed E-state index contributed by atoms with van der Waals surface area (Å²) in [6.07, 6.45) is 2.15. The summed E-state index contributed by atoms with van der Waals surface area (Å²) in [5.41, 5.74) is 1.90. The molecular formula is C33H31ClN2O7S. The van der Waals surface area contributed by atoms with E-state index in [1.54, 1.807) is 75.4 Å². The van der Waals surface area contributed by atoms with Crippen LogP contribution in [0.2, 0.25) is 5.02 Å². The minimum Gasteiger partial charge on any atom is -0.493 e. The molecule has 2 aromatic carbocycles. The fourth-order valence-corrected chi connectivity index (χ4v) is 6.07. The maximum atomic E-state index is 14.0. The number of ether oxygens (including phenoxy) is 3. The van der Waals surface area contributed by atoms with Gasteiger partial charge in [-0.2, -0.15) is 0 Å². The smallest absolute Gasteiger partial charge is 0.338 e. The van der Waals surface area contributed by atoms with Gasteiger partial charge in [0.15, 0.2) is 4.80 Å². The fraction of sp³-hybridized carbons (Fsp3) is 0.273. The van der Waals surface area contributed by atoms with Gasteiger partial charge in [0.2, 0.25) is 0 Å². The number of halogens is 1. The minimum absolute atomic E-state index is 0.214. The van der Waals surface area contributed by atoms with Gasteiger partial charge >= 0.3 is 11.9 Å². The third-order valence-corrected chi connectivity index (χ3v) is 8.00. The molecule has 44 heavy (non-hydrogen) atoms. The van der Waals surface area contributed by atoms with Gasteiger partial charge in [-0.1, -0.05) is 42.0 Å². The van der Waals surface area contributed by atoms with Gasteiger partial charge in [0, 0.05) is 22.2 Å². The van der Waals surface area contributed by atoms with E-state index in [4.69, 9.17) is 30.2 Å². The number of nitrogens with zero attached hydrogens (tertiary/aromatic N) is 2. The number of furan rings is 1. The first-order valence-corrected chi connectivity index (χ1v) is 15.2. The number of fused-ring (bicyclic) bond motifs is 1. The van der Waals surface area contributed by atoms with E-state index in [2.05, 4.69) is 4.99 Å². The molecule has 0 spiro atoms. The number of carbonyl (C=O) groups is 2. The summed E-state index contributed by atoms with van der Waals surface area (Å²) in [6, 6.07) is 14.7. The van der Waals surface area contributed by atoms with Gasteiger partial charge in [-0.3, -0.25) is 9.36 Å². The maximum absolute atomic E-state index is 14.0. The van der Waals surface area contributed by atoms with Crippen molar-refractivity contribution >= 4 is 41.0 Å². The highest BCUT2D eigenvalue weighted by Crippen LogP contribution is 2.37. The molecule has 0 radical (unpaired) electrons. The first kappa shape index (κ1) is 31.0. The normalized spacial score (nSPS) is 14.8. The first-order chi connectivity index (χ1) is 21.1. The zero-order valence-electron chi connectivity index (χ0n) is 24.9. The Kier molecular flexibility index (Phi) is 9.22. The van der Waals surface area contributed by atoms with Crippen LogP contribution in [0.1, 0.15) is 61.8 Å². The Morgan fingerprint density at radius 2 is 1.93 bits per heavy atom. The molecule has 0 amide bonds. The lowest BCUT2D eigenvalue weighted by atomic mass is 9.95. The van der Waals surface area contributed by atoms with E-state index in [1.165, 1.54) is 23.0 Å². The summed E-state index contributed by atoms with van der Waals surface area (Å²) in [6.45, 7) is 7.71. The average Bonchev–Trinajstić information content (AvgIpc) is 3.59. The molecular weight excluding hydrogens is 604 g/mol. The van der Waals surface area contributed by atoms with Crippen LogP contribution in [0.4, 0.5) is 0 Å². The fourth-order valence-electron chi connectivity index (χ4n) is 4.86. The third kappa shape index (κ3) is 6.27. The molecule has 228 valence electrons. The molecule has 0 bridgehead atoms. The number of methoxy groups -OCH3 is 1. The van der Waals surface area contributed by atoms with Gasteiger partial charge in [-0.25, -0.2) is 14.6 Å². The lowest BCUT2D eigenvalue weighted by molar-refractivity contribution is -0.136. The highest BCUT2D eigenvalue weighted by Gasteiger charge is 2.35. The van der Waals surface area contributed by atoms with Crippen LogP contribution < -0.4 is 19.6 Å². The van der Waals surface area contributed by atoms with Crippen molar-refractivity contribution < 1.29 is 28.2 Å². The molecule has 5 rings (SSSR count). The molecule has 3 heterocycles. The number of esters is 2. The third-order valence-electron chi connectivity index (χ3n) is 6.78. The Morgan fingerprint density at radius 1 is 1.14 bits per heavy atom. The number of rotatable bonds is 9. The maximum Gasteiger partial charge on any atom is 0.338 e. The van der Waals surface area contributed by atoms with Gasteiger partial charge in [0.05, 0.1) is 41.2 Å². The van der Waals surface area contributed by atoms with Crippen molar-refractivity contribution in [3.05, 3.63) is 107 Å². The van der Waals surface area contributed by atoms with Crippen molar-refractivity contribution in [2.75, 3.05) is 13.7 Å². The van der Waals surface area contributed by atoms with Gasteiger partial charge in [-0.15, -0.1) is 0 Å². The average molecular weight is 635 g/mol. The monoisotopic (exact) mass is 634 g/mol. The van der Waals surface area contributed by atoms with Gasteiger partial charge < -0.3 is 18.6 Å². The SMILES string of the molecule is CCCOc1ccc(Cl)cc1[C@@H]1C(C(=O)OC)=C(C)N=c2s/c(=C/c3ccc(-c4cccc(C(=O)OC(C)C)c4)o3)c(=O)n21. The Hall–Kier alpha value is -4.41. The van der Waals surface area contributed by atoms with Crippen molar-refractivity contribution in [3.63, 3.8) is 0 Å². The molecule has 4 aromatic rings. The molecule has 11 heteroatoms. The summed E-state index contributed by atoms with van der Waals surface area (Å²) in [5, 5.41) is 0.425. The molecule has 9 nitrogen and oxygen atoms in total. The number of allylic oxidation sites excluding steroid dienone is 1. The number of hydrogen-bond acceptors (Lipinski definition) is 9. The molecule has 0 saturated heterocycles. The quantitative estimate of drug-likeness (QED) is 0.218. The van der Waals surface area contributed by atoms with Crippen LogP contribution >= 0.6 is 22.9 Å². The van der Waals surface area contributed by atoms with Crippen LogP contribution in [-0.4, -0.2) is 36.3 Å². The Morgan fingerprint density at radius 3 is 2.66 bits per heavy atom. The van der Waals surface area contributed by atoms with E-state index in [-0.39, 0.29) is 17.2 Å². The number of hydrogen-bond donors (Lipinski definition) is 0. The zero-order chi connectivity index (χ0) is 31.5. The zero-order valence-corrected chi connectivity index (χ0v) is 26.5. The van der Waals surface area contributed by atoms with E-state index >= 15 is 0 Å². The first-order valence-electron chi connectivity index (χ1n) is 14.1. The molecule has 0 saturated carbocycles. The second-order valence-electron chi connectivity index (χ2n) is 10.3. The predicted molar refractivity (Wildman–Crippen MR) is 168 cm³/mol. The van der Waals surface area contributed by atoms with E-state index in [1.807, 2.05) is 13.0 Å². The molecule has 1 atom stereocenters. The second kappa shape index (κ2) is 13.1. The van der Waals surface area contributed by atoms with E-state index in [9.17, 15) is 14.4 Å². The molecule has 0 aliphatic carbocycles. The minimum atomic E-state index is -0.882. The van der Waals surface area contributed by atoms with E-state index in [0.717, 1.165) is 6.42 Å². The standard InChI is InChI=1S/C33H31ClN2O7S/c1-6-14-41-26-12-10-22(34)16-24(26)29-28(32(39)40-5)19(4)35-33-36(29)30(37)27(44-33)17-23-11-13-25(43-23)20-8-7-9-21(15-20)31(38)42-18(2)3/h7-13,15-18,29H,6,14H2,1-5H3/b27-17+/t29-/m1/s1. The van der Waals surface area contributed by atoms with Gasteiger partial charge in [-0.05, 0) is 69.7 Å². The number of carbonyl (C=O) groups excluding carboxylic acids is 2. The Bertz CT molecular complexity index is 1950. The van der Waals surface area contributed by atoms with Crippen LogP contribution in [0.15, 0.2) is 80.1 Å². The predicted octanol–water partition coefficient (Wildman–Crippen LogP) is 5.68. The lowest BCUT2D eigenvalue weighted by Gasteiger charge is -2.26. The summed E-state index contributed by atoms with van der Waals surface area (Å²) >= 11 is 7.58. The van der Waals surface area contributed by atoms with Crippen LogP contribution in [0.5, 0.6) is 5.75 Å². The van der Waals surface area contributed by atoms with Crippen molar-refractivity contribution in [1.82, 2.24) is 4.57 Å². The van der Waals surface area contributed by atoms with Crippen molar-refractivity contribution in [2.45, 2.75) is 46.3 Å². The van der Waals surface area contributed by atoms with Crippen LogP contribution in [-0.2, 0) is 14.3 Å². The van der Waals surface area contributed by atoms with E-state index in [0.29, 0.717) is 60.6 Å². The molecule has 2 aromatic heterocycles. The Balaban J connectivity index is 1.60. The van der Waals surface area contributed by atoms with E-state index < -0.39 is 18.0 Å². The summed E-state index contributed by atoms with van der Waals surface area (Å²) < 4.78 is 24.3. The van der Waals surface area contributed by atoms with Gasteiger partial charge in [0.1, 0.15) is 23.3 Å². The highest BCUT2D eigenvalue weighted by molar-refractivity contribution is 7.07. The number of thiazole rings is 1. The van der Waals surface area contributed by atoms with Crippen molar-refractivity contribution in [1.29, 1.82) is 0 Å². The molecule has 1 aliphatic rings. The molecule has 0 N–H and O–H groups in total. The highest BCUT2D eigenvalue weighted by atomic mass is 35.5. The van der Waals surface area contributed by atoms with Crippen LogP contribution in [0.25, 0.3) is 17.4 Å². The lowest BCUT2D eigenvalue weighted by Crippen LogP contribution is -2.40. The summed E-state index contributed by atoms with van der Waals surface area (Å²) in [7, 11) is 1.29. The molecule has 0 fully saturated rings. The van der Waals surface area contributed by atoms with Gasteiger partial charge in [0.25, 0.3) is 5.56 Å². The van der Waals surface area contributed by atoms with Crippen LogP contribution in [0, 0.1) is 0 Å². The topological polar surface area (TPSA) is 109 Å². The Labute approximate surface area is 262 Å². The summed E-state index contributed by atoms with van der Waals surface area (Å²) in [4.78, 5) is 44.5. The summed E-state index contributed by atoms with van der Waals surface area (Å²) in [5.74, 6) is 0.412. The largest absolute Gasteiger partial charge is 0.493 e. The van der Waals surface area contributed by atoms with Crippen LogP contribution in [0.3, 0.4) is 0 Å². The molecule has 0 unspecified atom stereocenters. The number of aromatic nitrogens is 1. The number of benzene rings is 2. The van der Waals surface area contributed by atoms with Crippen molar-refractivity contribution in [2.24, 2.45) is 4.99 Å². The molecule has 1 aliphatic heterocycles. The second-order valence-corrected chi connectivity index (χ2v) is 11.8.